The number of anilines is 1. The molecule has 0 atom stereocenters. The zero-order valence-corrected chi connectivity index (χ0v) is 16.8. The maximum absolute atomic E-state index is 13.2. The zero-order chi connectivity index (χ0) is 20.1. The van der Waals surface area contributed by atoms with E-state index in [1.165, 1.54) is 11.1 Å². The number of hydrogen-bond acceptors (Lipinski definition) is 4. The van der Waals surface area contributed by atoms with Gasteiger partial charge in [0.15, 0.2) is 5.76 Å². The third kappa shape index (κ3) is 4.57. The van der Waals surface area contributed by atoms with Crippen molar-refractivity contribution in [2.75, 3.05) is 18.0 Å². The van der Waals surface area contributed by atoms with Gasteiger partial charge in [0.05, 0.1) is 6.26 Å². The molecule has 1 fully saturated rings. The van der Waals surface area contributed by atoms with E-state index in [1.807, 2.05) is 17.3 Å². The molecule has 1 aromatic carbocycles. The number of furan rings is 1. The second kappa shape index (κ2) is 9.05. The Morgan fingerprint density at radius 1 is 1.07 bits per heavy atom. The van der Waals surface area contributed by atoms with Crippen molar-refractivity contribution in [1.29, 1.82) is 0 Å². The van der Waals surface area contributed by atoms with Crippen LogP contribution in [-0.4, -0.2) is 34.9 Å². The van der Waals surface area contributed by atoms with E-state index in [0.717, 1.165) is 44.6 Å². The molecule has 1 aliphatic rings. The van der Waals surface area contributed by atoms with Crippen molar-refractivity contribution in [3.63, 3.8) is 0 Å². The summed E-state index contributed by atoms with van der Waals surface area (Å²) in [5.41, 5.74) is 3.49. The van der Waals surface area contributed by atoms with Crippen LogP contribution >= 0.6 is 0 Å². The molecular formula is C24H27N3O2. The maximum Gasteiger partial charge on any atom is 0.294 e. The fourth-order valence-electron chi connectivity index (χ4n) is 3.99. The average molecular weight is 389 g/mol. The largest absolute Gasteiger partial charge is 0.459 e. The minimum Gasteiger partial charge on any atom is -0.459 e. The molecule has 0 unspecified atom stereocenters. The van der Waals surface area contributed by atoms with E-state index in [1.54, 1.807) is 18.4 Å². The number of rotatable bonds is 6. The quantitative estimate of drug-likeness (QED) is 0.621. The van der Waals surface area contributed by atoms with Gasteiger partial charge in [-0.2, -0.15) is 0 Å². The van der Waals surface area contributed by atoms with Gasteiger partial charge in [-0.1, -0.05) is 19.1 Å². The minimum atomic E-state index is -0.0631. The van der Waals surface area contributed by atoms with E-state index < -0.39 is 0 Å². The molecule has 4 rings (SSSR count). The van der Waals surface area contributed by atoms with E-state index in [2.05, 4.69) is 53.2 Å². The first-order valence-electron chi connectivity index (χ1n) is 10.3. The molecule has 3 aromatic rings. The van der Waals surface area contributed by atoms with Crippen molar-refractivity contribution in [1.82, 2.24) is 9.88 Å². The van der Waals surface area contributed by atoms with E-state index >= 15 is 0 Å². The lowest BCUT2D eigenvalue weighted by atomic mass is 10.0. The van der Waals surface area contributed by atoms with Crippen molar-refractivity contribution >= 4 is 11.6 Å². The van der Waals surface area contributed by atoms with E-state index in [-0.39, 0.29) is 11.9 Å². The Kier molecular flexibility index (Phi) is 6.06. The van der Waals surface area contributed by atoms with Crippen LogP contribution in [0.4, 0.5) is 5.69 Å². The minimum absolute atomic E-state index is 0.0631. The van der Waals surface area contributed by atoms with Gasteiger partial charge in [0.25, 0.3) is 5.91 Å². The van der Waals surface area contributed by atoms with Gasteiger partial charge in [-0.25, -0.2) is 0 Å². The predicted octanol–water partition coefficient (Wildman–Crippen LogP) is 4.55. The van der Waals surface area contributed by atoms with Crippen molar-refractivity contribution in [2.24, 2.45) is 0 Å². The number of hydrogen-bond donors (Lipinski definition) is 0. The zero-order valence-electron chi connectivity index (χ0n) is 16.8. The van der Waals surface area contributed by atoms with Crippen molar-refractivity contribution in [2.45, 2.75) is 38.8 Å². The second-order valence-corrected chi connectivity index (χ2v) is 7.54. The number of benzene rings is 1. The van der Waals surface area contributed by atoms with Crippen LogP contribution in [0.15, 0.2) is 71.6 Å². The Morgan fingerprint density at radius 3 is 2.41 bits per heavy atom. The van der Waals surface area contributed by atoms with E-state index in [9.17, 15) is 4.79 Å². The Hall–Kier alpha value is -2.92. The molecule has 5 heteroatoms. The van der Waals surface area contributed by atoms with Crippen LogP contribution in [0.25, 0.3) is 0 Å². The first-order valence-corrected chi connectivity index (χ1v) is 10.3. The number of aromatic nitrogens is 1. The van der Waals surface area contributed by atoms with Gasteiger partial charge in [-0.15, -0.1) is 0 Å². The van der Waals surface area contributed by atoms with Gasteiger partial charge in [0, 0.05) is 43.8 Å². The number of carbonyl (C=O) groups is 1. The average Bonchev–Trinajstić information content (AvgIpc) is 3.31. The number of pyridine rings is 1. The van der Waals surface area contributed by atoms with Crippen LogP contribution in [0.1, 0.15) is 41.4 Å². The molecule has 1 aliphatic heterocycles. The molecule has 0 N–H and O–H groups in total. The molecule has 1 amide bonds. The third-order valence-corrected chi connectivity index (χ3v) is 5.65. The Labute approximate surface area is 172 Å². The SMILES string of the molecule is CCc1ccc(N(C(=O)c2ccco2)C2CCN(Cc3ccncc3)CC2)cc1. The highest BCUT2D eigenvalue weighted by atomic mass is 16.3. The highest BCUT2D eigenvalue weighted by Gasteiger charge is 2.31. The predicted molar refractivity (Wildman–Crippen MR) is 114 cm³/mol. The third-order valence-electron chi connectivity index (χ3n) is 5.65. The van der Waals surface area contributed by atoms with Crippen LogP contribution in [0, 0.1) is 0 Å². The highest BCUT2D eigenvalue weighted by molar-refractivity contribution is 6.04. The number of nitrogens with zero attached hydrogens (tertiary/aromatic N) is 3. The Balaban J connectivity index is 1.50. The summed E-state index contributed by atoms with van der Waals surface area (Å²) in [6.07, 6.45) is 8.10. The normalized spacial score (nSPS) is 15.3. The Bertz CT molecular complexity index is 899. The molecule has 5 nitrogen and oxygen atoms in total. The van der Waals surface area contributed by atoms with Crippen LogP contribution in [0.5, 0.6) is 0 Å². The molecule has 0 bridgehead atoms. The molecular weight excluding hydrogens is 362 g/mol. The van der Waals surface area contributed by atoms with Crippen LogP contribution in [0.2, 0.25) is 0 Å². The lowest BCUT2D eigenvalue weighted by molar-refractivity contribution is 0.0931. The van der Waals surface area contributed by atoms with Gasteiger partial charge in [-0.05, 0) is 66.8 Å². The Morgan fingerprint density at radius 2 is 1.79 bits per heavy atom. The molecule has 150 valence electrons. The van der Waals surface area contributed by atoms with Crippen LogP contribution in [0.3, 0.4) is 0 Å². The molecule has 0 aliphatic carbocycles. The summed E-state index contributed by atoms with van der Waals surface area (Å²) in [6, 6.07) is 16.1. The standard InChI is InChI=1S/C24H27N3O2/c1-2-19-5-7-21(8-6-19)27(24(28)23-4-3-17-29-23)22-11-15-26(16-12-22)18-20-9-13-25-14-10-20/h3-10,13-14,17,22H,2,11-12,15-16,18H2,1H3. The summed E-state index contributed by atoms with van der Waals surface area (Å²) in [6.45, 7) is 4.98. The monoisotopic (exact) mass is 389 g/mol. The summed E-state index contributed by atoms with van der Waals surface area (Å²) >= 11 is 0. The number of amides is 1. The molecule has 29 heavy (non-hydrogen) atoms. The summed E-state index contributed by atoms with van der Waals surface area (Å²) < 4.78 is 5.43. The second-order valence-electron chi connectivity index (χ2n) is 7.54. The summed E-state index contributed by atoms with van der Waals surface area (Å²) in [5.74, 6) is 0.329. The molecule has 0 spiro atoms. The first-order chi connectivity index (χ1) is 14.2. The van der Waals surface area contributed by atoms with Gasteiger partial charge < -0.3 is 9.32 Å². The van der Waals surface area contributed by atoms with Gasteiger partial charge >= 0.3 is 0 Å². The summed E-state index contributed by atoms with van der Waals surface area (Å²) in [5, 5.41) is 0. The molecule has 1 saturated heterocycles. The number of likely N-dealkylation sites (tertiary alicyclic amines) is 1. The lowest BCUT2D eigenvalue weighted by Gasteiger charge is -2.38. The van der Waals surface area contributed by atoms with Gasteiger partial charge in [-0.3, -0.25) is 14.7 Å². The number of aryl methyl sites for hydroxylation is 1. The van der Waals surface area contributed by atoms with Gasteiger partial charge in [0.2, 0.25) is 0 Å². The molecule has 2 aromatic heterocycles. The van der Waals surface area contributed by atoms with E-state index in [4.69, 9.17) is 4.42 Å². The summed E-state index contributed by atoms with van der Waals surface area (Å²) in [4.78, 5) is 21.7. The van der Waals surface area contributed by atoms with Crippen molar-refractivity contribution in [3.05, 3.63) is 84.1 Å². The fraction of sp³-hybridized carbons (Fsp3) is 0.333. The van der Waals surface area contributed by atoms with Gasteiger partial charge in [0.1, 0.15) is 0 Å². The van der Waals surface area contributed by atoms with E-state index in [0.29, 0.717) is 5.76 Å². The smallest absolute Gasteiger partial charge is 0.294 e. The van der Waals surface area contributed by atoms with Crippen molar-refractivity contribution in [3.8, 4) is 0 Å². The van der Waals surface area contributed by atoms with Crippen LogP contribution in [-0.2, 0) is 13.0 Å². The first kappa shape index (κ1) is 19.4. The highest BCUT2D eigenvalue weighted by Crippen LogP contribution is 2.27. The molecule has 0 radical (unpaired) electrons. The summed E-state index contributed by atoms with van der Waals surface area (Å²) in [7, 11) is 0. The molecule has 0 saturated carbocycles. The topological polar surface area (TPSA) is 49.6 Å². The fourth-order valence-corrected chi connectivity index (χ4v) is 3.99. The molecule has 3 heterocycles. The van der Waals surface area contributed by atoms with Crippen LogP contribution < -0.4 is 4.90 Å². The number of piperidine rings is 1. The maximum atomic E-state index is 13.2. The van der Waals surface area contributed by atoms with Crippen molar-refractivity contribution < 1.29 is 9.21 Å². The lowest BCUT2D eigenvalue weighted by Crippen LogP contribution is -2.47. The number of carbonyl (C=O) groups excluding carboxylic acids is 1.